The van der Waals surface area contributed by atoms with Crippen LogP contribution in [0.5, 0.6) is 0 Å². The van der Waals surface area contributed by atoms with E-state index < -0.39 is 0 Å². The maximum atomic E-state index is 4.72. The number of benzene rings is 1. The van der Waals surface area contributed by atoms with E-state index in [1.165, 1.54) is 38.5 Å². The summed E-state index contributed by atoms with van der Waals surface area (Å²) in [5, 5.41) is 4.93. The van der Waals surface area contributed by atoms with Crippen LogP contribution in [-0.2, 0) is 6.42 Å². The van der Waals surface area contributed by atoms with Crippen LogP contribution < -0.4 is 5.32 Å². The maximum Gasteiger partial charge on any atom is 0.0937 e. The molecule has 1 atom stereocenters. The summed E-state index contributed by atoms with van der Waals surface area (Å²) >= 11 is 5.55. The number of rotatable bonds is 6. The van der Waals surface area contributed by atoms with Gasteiger partial charge >= 0.3 is 0 Å². The molecular weight excluding hydrogens is 344 g/mol. The Hall–Kier alpha value is -0.710. The number of thiazole rings is 1. The van der Waals surface area contributed by atoms with E-state index in [2.05, 4.69) is 59.4 Å². The van der Waals surface area contributed by atoms with Crippen molar-refractivity contribution < 1.29 is 0 Å². The second-order valence-corrected chi connectivity index (χ2v) is 8.00. The number of nitrogens with zero attached hydrogens (tertiary/aromatic N) is 1. The van der Waals surface area contributed by atoms with E-state index in [-0.39, 0.29) is 0 Å². The number of halogens is 1. The minimum atomic E-state index is 0.478. The topological polar surface area (TPSA) is 24.9 Å². The Kier molecular flexibility index (Phi) is 4.77. The molecular formula is C17H21BrN2S. The lowest BCUT2D eigenvalue weighted by Gasteiger charge is -2.18. The molecule has 2 aromatic rings. The normalized spacial score (nSPS) is 16.1. The van der Waals surface area contributed by atoms with Gasteiger partial charge in [0.05, 0.1) is 10.7 Å². The van der Waals surface area contributed by atoms with Crippen molar-refractivity contribution in [1.82, 2.24) is 10.3 Å². The van der Waals surface area contributed by atoms with Crippen LogP contribution in [0, 0.1) is 13.8 Å². The summed E-state index contributed by atoms with van der Waals surface area (Å²) in [5.74, 6) is 0.478. The average molecular weight is 365 g/mol. The van der Waals surface area contributed by atoms with Gasteiger partial charge in [-0.05, 0) is 38.3 Å². The summed E-state index contributed by atoms with van der Waals surface area (Å²) < 4.78 is 1.21. The van der Waals surface area contributed by atoms with Gasteiger partial charge in [-0.3, -0.25) is 0 Å². The van der Waals surface area contributed by atoms with Crippen molar-refractivity contribution in [2.45, 2.75) is 45.1 Å². The third-order valence-electron chi connectivity index (χ3n) is 4.07. The van der Waals surface area contributed by atoms with Gasteiger partial charge in [-0.15, -0.1) is 11.3 Å². The SMILES string of the molecule is Cc1nc(CC(CNC2CC2)c2ccccc2Br)sc1C. The standard InChI is InChI=1S/C17H21BrN2S/c1-11-12(2)21-17(20-11)9-13(10-19-14-7-8-14)15-5-3-4-6-16(15)18/h3-6,13-14,19H,7-10H2,1-2H3. The highest BCUT2D eigenvalue weighted by atomic mass is 79.9. The monoisotopic (exact) mass is 364 g/mol. The first-order valence-electron chi connectivity index (χ1n) is 7.54. The Balaban J connectivity index is 1.79. The second-order valence-electron chi connectivity index (χ2n) is 5.85. The van der Waals surface area contributed by atoms with Crippen LogP contribution >= 0.6 is 27.3 Å². The molecule has 1 fully saturated rings. The fourth-order valence-corrected chi connectivity index (χ4v) is 4.15. The van der Waals surface area contributed by atoms with Crippen molar-refractivity contribution in [3.8, 4) is 0 Å². The lowest BCUT2D eigenvalue weighted by Crippen LogP contribution is -2.25. The highest BCUT2D eigenvalue weighted by molar-refractivity contribution is 9.10. The van der Waals surface area contributed by atoms with Crippen LogP contribution in [0.4, 0.5) is 0 Å². The van der Waals surface area contributed by atoms with Gasteiger partial charge in [0, 0.05) is 34.3 Å². The molecule has 1 aliphatic rings. The molecule has 1 unspecified atom stereocenters. The molecule has 0 amide bonds. The zero-order valence-electron chi connectivity index (χ0n) is 12.5. The molecule has 0 aliphatic heterocycles. The first kappa shape index (κ1) is 15.2. The third kappa shape index (κ3) is 3.93. The third-order valence-corrected chi connectivity index (χ3v) is 5.89. The number of hydrogen-bond acceptors (Lipinski definition) is 3. The molecule has 21 heavy (non-hydrogen) atoms. The van der Waals surface area contributed by atoms with Gasteiger partial charge in [0.2, 0.25) is 0 Å². The van der Waals surface area contributed by atoms with Crippen LogP contribution in [0.1, 0.15) is 39.9 Å². The molecule has 0 bridgehead atoms. The van der Waals surface area contributed by atoms with Crippen molar-refractivity contribution in [3.05, 3.63) is 49.9 Å². The highest BCUT2D eigenvalue weighted by Gasteiger charge is 2.24. The highest BCUT2D eigenvalue weighted by Crippen LogP contribution is 2.30. The smallest absolute Gasteiger partial charge is 0.0937 e. The molecule has 4 heteroatoms. The maximum absolute atomic E-state index is 4.72. The Labute approximate surface area is 139 Å². The van der Waals surface area contributed by atoms with E-state index in [0.717, 1.165) is 19.0 Å². The summed E-state index contributed by atoms with van der Waals surface area (Å²) in [5.41, 5.74) is 2.56. The number of aryl methyl sites for hydroxylation is 2. The van der Waals surface area contributed by atoms with Crippen molar-refractivity contribution in [2.24, 2.45) is 0 Å². The summed E-state index contributed by atoms with van der Waals surface area (Å²) in [6, 6.07) is 9.32. The Morgan fingerprint density at radius 1 is 1.33 bits per heavy atom. The predicted molar refractivity (Wildman–Crippen MR) is 93.2 cm³/mol. The van der Waals surface area contributed by atoms with Gasteiger partial charge in [-0.2, -0.15) is 0 Å². The molecule has 0 spiro atoms. The van der Waals surface area contributed by atoms with Gasteiger partial charge in [-0.25, -0.2) is 4.98 Å². The number of aromatic nitrogens is 1. The summed E-state index contributed by atoms with van der Waals surface area (Å²) in [7, 11) is 0. The summed E-state index contributed by atoms with van der Waals surface area (Å²) in [6.45, 7) is 5.29. The molecule has 1 aromatic carbocycles. The molecule has 1 saturated carbocycles. The minimum absolute atomic E-state index is 0.478. The molecule has 1 aliphatic carbocycles. The lowest BCUT2D eigenvalue weighted by molar-refractivity contribution is 0.574. The van der Waals surface area contributed by atoms with Crippen LogP contribution in [0.25, 0.3) is 0 Å². The van der Waals surface area contributed by atoms with Gasteiger partial charge in [0.25, 0.3) is 0 Å². The summed E-state index contributed by atoms with van der Waals surface area (Å²) in [6.07, 6.45) is 3.68. The van der Waals surface area contributed by atoms with Crippen molar-refractivity contribution in [3.63, 3.8) is 0 Å². The molecule has 3 rings (SSSR count). The second kappa shape index (κ2) is 6.59. The van der Waals surface area contributed by atoms with Crippen molar-refractivity contribution >= 4 is 27.3 Å². The molecule has 112 valence electrons. The van der Waals surface area contributed by atoms with Crippen LogP contribution in [0.3, 0.4) is 0 Å². The van der Waals surface area contributed by atoms with Crippen molar-refractivity contribution in [2.75, 3.05) is 6.54 Å². The predicted octanol–water partition coefficient (Wildman–Crippen LogP) is 4.60. The number of hydrogen-bond donors (Lipinski definition) is 1. The van der Waals surface area contributed by atoms with Crippen LogP contribution in [0.15, 0.2) is 28.7 Å². The molecule has 1 aromatic heterocycles. The van der Waals surface area contributed by atoms with Crippen LogP contribution in [0.2, 0.25) is 0 Å². The quantitative estimate of drug-likeness (QED) is 0.809. The van der Waals surface area contributed by atoms with E-state index in [4.69, 9.17) is 4.98 Å². The lowest BCUT2D eigenvalue weighted by atomic mass is 9.96. The van der Waals surface area contributed by atoms with E-state index in [1.54, 1.807) is 0 Å². The zero-order valence-corrected chi connectivity index (χ0v) is 14.9. The van der Waals surface area contributed by atoms with Crippen LogP contribution in [-0.4, -0.2) is 17.6 Å². The zero-order chi connectivity index (χ0) is 14.8. The first-order valence-corrected chi connectivity index (χ1v) is 9.15. The van der Waals surface area contributed by atoms with E-state index in [9.17, 15) is 0 Å². The van der Waals surface area contributed by atoms with E-state index in [1.807, 2.05) is 11.3 Å². The Bertz CT molecular complexity index is 600. The fraction of sp³-hybridized carbons (Fsp3) is 0.471. The van der Waals surface area contributed by atoms with Crippen molar-refractivity contribution in [1.29, 1.82) is 0 Å². The molecule has 2 nitrogen and oxygen atoms in total. The van der Waals surface area contributed by atoms with Gasteiger partial charge < -0.3 is 5.32 Å². The fourth-order valence-electron chi connectivity index (χ4n) is 2.53. The Morgan fingerprint density at radius 2 is 2.10 bits per heavy atom. The Morgan fingerprint density at radius 3 is 2.71 bits per heavy atom. The molecule has 0 radical (unpaired) electrons. The molecule has 1 heterocycles. The minimum Gasteiger partial charge on any atom is -0.313 e. The molecule has 0 saturated heterocycles. The van der Waals surface area contributed by atoms with Gasteiger partial charge in [0.1, 0.15) is 0 Å². The van der Waals surface area contributed by atoms with Gasteiger partial charge in [0.15, 0.2) is 0 Å². The average Bonchev–Trinajstić information content (AvgIpc) is 3.22. The van der Waals surface area contributed by atoms with Gasteiger partial charge in [-0.1, -0.05) is 34.1 Å². The largest absolute Gasteiger partial charge is 0.313 e. The molecule has 1 N–H and O–H groups in total. The summed E-state index contributed by atoms with van der Waals surface area (Å²) in [4.78, 5) is 6.06. The van der Waals surface area contributed by atoms with E-state index >= 15 is 0 Å². The van der Waals surface area contributed by atoms with E-state index in [0.29, 0.717) is 5.92 Å². The number of nitrogens with one attached hydrogen (secondary N) is 1. The first-order chi connectivity index (χ1) is 10.1.